The Balaban J connectivity index is 1.64. The van der Waals surface area contributed by atoms with Gasteiger partial charge in [-0.3, -0.25) is 9.59 Å². The molecule has 6 nitrogen and oxygen atoms in total. The molecular formula is C19H14F3N3O3S. The standard InChI is InChI=1S/C19H14F3N3O3S/c20-19(21,22)12-5-6-17(26)24(10-12)11-18(27)25-14(15-3-1-7-28-15)9-13(23-25)16-4-2-8-29-16/h1-8,10,14H,9,11H2. The molecule has 0 fully saturated rings. The SMILES string of the molecule is O=C(Cn1cc(C(F)(F)F)ccc1=O)N1N=C(c2cccs2)CC1c1ccco1. The molecule has 0 spiro atoms. The predicted molar refractivity (Wildman–Crippen MR) is 99.5 cm³/mol. The number of pyridine rings is 1. The van der Waals surface area contributed by atoms with E-state index in [1.807, 2.05) is 17.5 Å². The number of carbonyl (C=O) groups is 1. The van der Waals surface area contributed by atoms with Gasteiger partial charge in [0.15, 0.2) is 0 Å². The number of hydrogen-bond donors (Lipinski definition) is 0. The number of thiophene rings is 1. The zero-order valence-corrected chi connectivity index (χ0v) is 15.6. The zero-order valence-electron chi connectivity index (χ0n) is 14.8. The highest BCUT2D eigenvalue weighted by Gasteiger charge is 2.36. The van der Waals surface area contributed by atoms with Gasteiger partial charge < -0.3 is 8.98 Å². The first-order valence-electron chi connectivity index (χ1n) is 8.57. The molecule has 1 aliphatic heterocycles. The second kappa shape index (κ2) is 7.36. The van der Waals surface area contributed by atoms with Crippen LogP contribution in [-0.4, -0.2) is 21.2 Å². The summed E-state index contributed by atoms with van der Waals surface area (Å²) in [4.78, 5) is 25.8. The van der Waals surface area contributed by atoms with Crippen LogP contribution in [0, 0.1) is 0 Å². The van der Waals surface area contributed by atoms with Crippen LogP contribution in [0.3, 0.4) is 0 Å². The van der Waals surface area contributed by atoms with Crippen molar-refractivity contribution in [3.8, 4) is 0 Å². The van der Waals surface area contributed by atoms with Crippen molar-refractivity contribution in [2.24, 2.45) is 5.10 Å². The van der Waals surface area contributed by atoms with E-state index in [2.05, 4.69) is 5.10 Å². The molecule has 0 aromatic carbocycles. The average Bonchev–Trinajstić information content (AvgIpc) is 3.42. The highest BCUT2D eigenvalue weighted by molar-refractivity contribution is 7.12. The largest absolute Gasteiger partial charge is 0.467 e. The number of amides is 1. The summed E-state index contributed by atoms with van der Waals surface area (Å²) >= 11 is 1.46. The lowest BCUT2D eigenvalue weighted by Crippen LogP contribution is -2.34. The van der Waals surface area contributed by atoms with Gasteiger partial charge >= 0.3 is 6.18 Å². The molecule has 4 heterocycles. The maximum Gasteiger partial charge on any atom is 0.417 e. The van der Waals surface area contributed by atoms with Crippen molar-refractivity contribution in [2.75, 3.05) is 0 Å². The molecule has 0 saturated heterocycles. The number of nitrogens with zero attached hydrogens (tertiary/aromatic N) is 3. The number of halogens is 3. The van der Waals surface area contributed by atoms with Crippen LogP contribution in [-0.2, 0) is 17.5 Å². The summed E-state index contributed by atoms with van der Waals surface area (Å²) < 4.78 is 45.0. The van der Waals surface area contributed by atoms with Gasteiger partial charge in [-0.1, -0.05) is 6.07 Å². The fraction of sp³-hybridized carbons (Fsp3) is 0.211. The smallest absolute Gasteiger partial charge is 0.417 e. The minimum atomic E-state index is -4.62. The molecule has 1 atom stereocenters. The molecule has 150 valence electrons. The lowest BCUT2D eigenvalue weighted by atomic mass is 10.1. The summed E-state index contributed by atoms with van der Waals surface area (Å²) in [6, 6.07) is 8.07. The van der Waals surface area contributed by atoms with Crippen LogP contribution in [0.15, 0.2) is 68.6 Å². The molecule has 0 bridgehead atoms. The molecule has 3 aromatic rings. The maximum absolute atomic E-state index is 13.0. The Bertz CT molecular complexity index is 1100. The fourth-order valence-corrected chi connectivity index (χ4v) is 3.80. The Hall–Kier alpha value is -3.14. The fourth-order valence-electron chi connectivity index (χ4n) is 3.08. The summed E-state index contributed by atoms with van der Waals surface area (Å²) in [6.07, 6.45) is -2.11. The van der Waals surface area contributed by atoms with E-state index in [0.717, 1.165) is 15.5 Å². The number of hydrazone groups is 1. The normalized spacial score (nSPS) is 16.9. The Morgan fingerprint density at radius 2 is 2.07 bits per heavy atom. The van der Waals surface area contributed by atoms with Crippen LogP contribution in [0.2, 0.25) is 0 Å². The van der Waals surface area contributed by atoms with Crippen molar-refractivity contribution < 1.29 is 22.4 Å². The van der Waals surface area contributed by atoms with Crippen LogP contribution in [0.5, 0.6) is 0 Å². The second-order valence-corrected chi connectivity index (χ2v) is 7.33. The minimum Gasteiger partial charge on any atom is -0.467 e. The number of carbonyl (C=O) groups excluding carboxylic acids is 1. The van der Waals surface area contributed by atoms with E-state index in [1.165, 1.54) is 22.6 Å². The highest BCUT2D eigenvalue weighted by Crippen LogP contribution is 2.34. The Kier molecular flexibility index (Phi) is 4.87. The first-order valence-corrected chi connectivity index (χ1v) is 9.45. The molecule has 0 aliphatic carbocycles. The van der Waals surface area contributed by atoms with Crippen molar-refractivity contribution >= 4 is 23.0 Å². The molecule has 29 heavy (non-hydrogen) atoms. The molecule has 1 aliphatic rings. The first-order chi connectivity index (χ1) is 13.8. The predicted octanol–water partition coefficient (Wildman–Crippen LogP) is 3.90. The van der Waals surface area contributed by atoms with E-state index < -0.39 is 35.8 Å². The van der Waals surface area contributed by atoms with E-state index in [1.54, 1.807) is 12.1 Å². The summed E-state index contributed by atoms with van der Waals surface area (Å²) in [7, 11) is 0. The van der Waals surface area contributed by atoms with Gasteiger partial charge in [0.2, 0.25) is 0 Å². The van der Waals surface area contributed by atoms with Crippen molar-refractivity contribution in [1.29, 1.82) is 0 Å². The van der Waals surface area contributed by atoms with Crippen LogP contribution in [0.25, 0.3) is 0 Å². The van der Waals surface area contributed by atoms with Crippen molar-refractivity contribution in [1.82, 2.24) is 9.58 Å². The van der Waals surface area contributed by atoms with E-state index in [0.29, 0.717) is 30.2 Å². The first kappa shape index (κ1) is 19.2. The molecule has 3 aromatic heterocycles. The summed E-state index contributed by atoms with van der Waals surface area (Å²) in [5.41, 5.74) is -1.04. The molecule has 0 N–H and O–H groups in total. The van der Waals surface area contributed by atoms with Gasteiger partial charge in [0.05, 0.1) is 22.4 Å². The van der Waals surface area contributed by atoms with Gasteiger partial charge in [0.25, 0.3) is 11.5 Å². The lowest BCUT2D eigenvalue weighted by molar-refractivity contribution is -0.139. The summed E-state index contributed by atoms with van der Waals surface area (Å²) in [5.74, 6) is -0.107. The van der Waals surface area contributed by atoms with E-state index in [4.69, 9.17) is 4.42 Å². The van der Waals surface area contributed by atoms with Crippen LogP contribution < -0.4 is 5.56 Å². The number of alkyl halides is 3. The summed E-state index contributed by atoms with van der Waals surface area (Å²) in [5, 5.41) is 7.44. The average molecular weight is 421 g/mol. The topological polar surface area (TPSA) is 67.8 Å². The van der Waals surface area contributed by atoms with Crippen LogP contribution in [0.1, 0.15) is 28.7 Å². The van der Waals surface area contributed by atoms with Gasteiger partial charge in [-0.15, -0.1) is 11.3 Å². The molecule has 0 radical (unpaired) electrons. The van der Waals surface area contributed by atoms with Crippen LogP contribution in [0.4, 0.5) is 13.2 Å². The highest BCUT2D eigenvalue weighted by atomic mass is 32.1. The number of furan rings is 1. The molecule has 1 amide bonds. The van der Waals surface area contributed by atoms with Gasteiger partial charge in [-0.25, -0.2) is 5.01 Å². The van der Waals surface area contributed by atoms with Gasteiger partial charge in [0, 0.05) is 18.7 Å². The Labute approximate surface area is 166 Å². The van der Waals surface area contributed by atoms with Gasteiger partial charge in [-0.2, -0.15) is 18.3 Å². The van der Waals surface area contributed by atoms with E-state index in [-0.39, 0.29) is 0 Å². The summed E-state index contributed by atoms with van der Waals surface area (Å²) in [6.45, 7) is -0.568. The molecule has 4 rings (SSSR count). The zero-order chi connectivity index (χ0) is 20.6. The third-order valence-corrected chi connectivity index (χ3v) is 5.38. The number of aromatic nitrogens is 1. The van der Waals surface area contributed by atoms with Gasteiger partial charge in [-0.05, 0) is 29.6 Å². The van der Waals surface area contributed by atoms with Gasteiger partial charge in [0.1, 0.15) is 18.3 Å². The lowest BCUT2D eigenvalue weighted by Gasteiger charge is -2.20. The third-order valence-electron chi connectivity index (χ3n) is 4.46. The Morgan fingerprint density at radius 3 is 2.72 bits per heavy atom. The third kappa shape index (κ3) is 3.88. The monoisotopic (exact) mass is 421 g/mol. The quantitative estimate of drug-likeness (QED) is 0.642. The van der Waals surface area contributed by atoms with E-state index >= 15 is 0 Å². The number of rotatable bonds is 4. The van der Waals surface area contributed by atoms with Crippen molar-refractivity contribution in [3.63, 3.8) is 0 Å². The van der Waals surface area contributed by atoms with Crippen molar-refractivity contribution in [3.05, 3.63) is 80.8 Å². The van der Waals surface area contributed by atoms with Crippen LogP contribution >= 0.6 is 11.3 Å². The Morgan fingerprint density at radius 1 is 1.24 bits per heavy atom. The number of hydrogen-bond acceptors (Lipinski definition) is 5. The minimum absolute atomic E-state index is 0.400. The van der Waals surface area contributed by atoms with E-state index in [9.17, 15) is 22.8 Å². The molecule has 10 heteroatoms. The second-order valence-electron chi connectivity index (χ2n) is 6.38. The molecular weight excluding hydrogens is 407 g/mol. The molecule has 1 unspecified atom stereocenters. The molecule has 0 saturated carbocycles. The van der Waals surface area contributed by atoms with Crippen molar-refractivity contribution in [2.45, 2.75) is 25.2 Å². The maximum atomic E-state index is 13.0.